The Balaban J connectivity index is 1.30. The molecule has 1 aliphatic carbocycles. The second kappa shape index (κ2) is 15.0. The number of anilines is 1. The maximum absolute atomic E-state index is 14.2. The topological polar surface area (TPSA) is 123 Å². The van der Waals surface area contributed by atoms with Crippen molar-refractivity contribution < 1.29 is 23.5 Å². The van der Waals surface area contributed by atoms with Gasteiger partial charge in [0.2, 0.25) is 0 Å². The van der Waals surface area contributed by atoms with E-state index in [9.17, 15) is 14.0 Å². The average Bonchev–Trinajstić information content (AvgIpc) is 2.96. The summed E-state index contributed by atoms with van der Waals surface area (Å²) < 4.78 is 25.7. The second-order valence-electron chi connectivity index (χ2n) is 13.2. The van der Waals surface area contributed by atoms with Crippen molar-refractivity contribution in [2.24, 2.45) is 17.6 Å². The van der Waals surface area contributed by atoms with E-state index in [4.69, 9.17) is 15.2 Å². The molecule has 0 radical (unpaired) electrons. The van der Waals surface area contributed by atoms with Crippen molar-refractivity contribution in [3.8, 4) is 11.5 Å². The van der Waals surface area contributed by atoms with Crippen LogP contribution in [0.3, 0.4) is 0 Å². The van der Waals surface area contributed by atoms with E-state index in [1.807, 2.05) is 34.6 Å². The van der Waals surface area contributed by atoms with Gasteiger partial charge in [-0.05, 0) is 110 Å². The van der Waals surface area contributed by atoms with Crippen LogP contribution in [0, 0.1) is 17.7 Å². The molecule has 1 saturated heterocycles. The number of amides is 2. The predicted octanol–water partition coefficient (Wildman–Crippen LogP) is 6.23. The molecule has 1 aromatic carbocycles. The molecule has 0 atom stereocenters. The Morgan fingerprint density at radius 3 is 2.43 bits per heavy atom. The molecule has 2 heterocycles. The molecule has 2 aliphatic rings. The zero-order valence-electron chi connectivity index (χ0n) is 26.9. The Bertz CT molecular complexity index is 1260. The first-order valence-electron chi connectivity index (χ1n) is 16.0. The number of carbonyl (C=O) groups is 2. The number of rotatable bonds is 12. The lowest BCUT2D eigenvalue weighted by Crippen LogP contribution is -2.42. The third-order valence-corrected chi connectivity index (χ3v) is 8.86. The molecule has 4 rings (SSSR count). The number of ether oxygens (including phenoxy) is 2. The molecular weight excluding hydrogens is 563 g/mol. The number of carbonyl (C=O) groups excluding carboxylic acids is 2. The van der Waals surface area contributed by atoms with Crippen molar-refractivity contribution in [2.75, 3.05) is 31.5 Å². The molecule has 242 valence electrons. The molecular formula is C33H49FN6O4. The van der Waals surface area contributed by atoms with Crippen LogP contribution in [0.4, 0.5) is 15.0 Å². The van der Waals surface area contributed by atoms with Gasteiger partial charge in [-0.15, -0.1) is 0 Å². The molecule has 2 aromatic rings. The molecule has 0 bridgehead atoms. The van der Waals surface area contributed by atoms with E-state index in [0.717, 1.165) is 51.7 Å². The average molecular weight is 613 g/mol. The summed E-state index contributed by atoms with van der Waals surface area (Å²) in [5.74, 6) is 1.67. The number of primary amides is 1. The summed E-state index contributed by atoms with van der Waals surface area (Å²) in [6.07, 6.45) is 9.81. The van der Waals surface area contributed by atoms with Crippen LogP contribution in [0.2, 0.25) is 0 Å². The van der Waals surface area contributed by atoms with Gasteiger partial charge in [-0.25, -0.2) is 19.2 Å². The Labute approximate surface area is 260 Å². The lowest BCUT2D eigenvalue weighted by molar-refractivity contribution is 0.0185. The number of halogens is 1. The van der Waals surface area contributed by atoms with E-state index in [1.165, 1.54) is 37.4 Å². The van der Waals surface area contributed by atoms with E-state index in [-0.39, 0.29) is 29.3 Å². The maximum atomic E-state index is 14.2. The fourth-order valence-electron chi connectivity index (χ4n) is 6.72. The number of aromatic nitrogens is 2. The second-order valence-corrected chi connectivity index (χ2v) is 13.2. The number of nitrogens with two attached hydrogens (primary N) is 1. The number of hydrogen-bond acceptors (Lipinski definition) is 8. The molecule has 0 spiro atoms. The third-order valence-electron chi connectivity index (χ3n) is 8.86. The van der Waals surface area contributed by atoms with Gasteiger partial charge in [0.15, 0.2) is 11.6 Å². The molecule has 1 aromatic heterocycles. The third kappa shape index (κ3) is 9.27. The number of piperidine rings is 1. The van der Waals surface area contributed by atoms with Crippen LogP contribution in [-0.2, 0) is 4.74 Å². The molecule has 1 aliphatic heterocycles. The molecule has 11 heteroatoms. The standard InChI is InChI=1S/C33H49FN6O4/c1-6-40(22(2)3)31(41)27-17-25(34)11-12-28(27)43-29-19-36-21-37-30(29)38-26-13-15-39(16-14-26)20-24-9-7-23(8-10-24)18-33(4,5)44-32(35)42/h11-12,17,19,21-24,26H,6-10,13-16,18,20H2,1-5H3,(H2,35,42)(H,36,37,38)/t23-,24-. The van der Waals surface area contributed by atoms with Crippen molar-refractivity contribution >= 4 is 17.8 Å². The van der Waals surface area contributed by atoms with Crippen LogP contribution >= 0.6 is 0 Å². The summed E-state index contributed by atoms with van der Waals surface area (Å²) in [5.41, 5.74) is 4.88. The van der Waals surface area contributed by atoms with Gasteiger partial charge < -0.3 is 30.3 Å². The van der Waals surface area contributed by atoms with E-state index in [2.05, 4.69) is 20.2 Å². The summed E-state index contributed by atoms with van der Waals surface area (Å²) in [7, 11) is 0. The first-order chi connectivity index (χ1) is 20.9. The lowest BCUT2D eigenvalue weighted by Gasteiger charge is -2.38. The molecule has 0 unspecified atom stereocenters. The zero-order chi connectivity index (χ0) is 31.9. The summed E-state index contributed by atoms with van der Waals surface area (Å²) >= 11 is 0. The van der Waals surface area contributed by atoms with Crippen molar-refractivity contribution in [2.45, 2.75) is 97.2 Å². The molecule has 2 amide bonds. The maximum Gasteiger partial charge on any atom is 0.405 e. The van der Waals surface area contributed by atoms with Crippen LogP contribution < -0.4 is 15.8 Å². The number of benzene rings is 1. The van der Waals surface area contributed by atoms with Gasteiger partial charge >= 0.3 is 6.09 Å². The predicted molar refractivity (Wildman–Crippen MR) is 168 cm³/mol. The number of hydrogen-bond donors (Lipinski definition) is 2. The van der Waals surface area contributed by atoms with Crippen LogP contribution in [0.15, 0.2) is 30.7 Å². The summed E-state index contributed by atoms with van der Waals surface area (Å²) in [5, 5.41) is 3.53. The van der Waals surface area contributed by atoms with Gasteiger partial charge in [-0.3, -0.25) is 4.79 Å². The van der Waals surface area contributed by atoms with Gasteiger partial charge in [-0.1, -0.05) is 0 Å². The van der Waals surface area contributed by atoms with Crippen molar-refractivity contribution in [1.29, 1.82) is 0 Å². The smallest absolute Gasteiger partial charge is 0.405 e. The zero-order valence-corrected chi connectivity index (χ0v) is 26.9. The van der Waals surface area contributed by atoms with E-state index in [1.54, 1.807) is 11.1 Å². The highest BCUT2D eigenvalue weighted by atomic mass is 19.1. The SMILES string of the molecule is CCN(C(=O)c1cc(F)ccc1Oc1cncnc1NC1CCN(C[C@H]2CC[C@H](CC(C)(C)OC(N)=O)CC2)CC1)C(C)C. The highest BCUT2D eigenvalue weighted by Crippen LogP contribution is 2.36. The largest absolute Gasteiger partial charge is 0.451 e. The van der Waals surface area contributed by atoms with Crippen LogP contribution in [-0.4, -0.2) is 75.6 Å². The molecule has 3 N–H and O–H groups in total. The van der Waals surface area contributed by atoms with Gasteiger partial charge in [0.1, 0.15) is 23.5 Å². The quantitative estimate of drug-likeness (QED) is 0.289. The monoisotopic (exact) mass is 612 g/mol. The molecule has 10 nitrogen and oxygen atoms in total. The van der Waals surface area contributed by atoms with Crippen molar-refractivity contribution in [3.05, 3.63) is 42.1 Å². The first-order valence-corrected chi connectivity index (χ1v) is 16.0. The molecule has 2 fully saturated rings. The summed E-state index contributed by atoms with van der Waals surface area (Å²) in [6, 6.07) is 4.17. The van der Waals surface area contributed by atoms with Crippen LogP contribution in [0.5, 0.6) is 11.5 Å². The van der Waals surface area contributed by atoms with Gasteiger partial charge in [0.25, 0.3) is 5.91 Å². The fourth-order valence-corrected chi connectivity index (χ4v) is 6.72. The minimum absolute atomic E-state index is 0.0381. The minimum atomic E-state index is -0.705. The van der Waals surface area contributed by atoms with E-state index < -0.39 is 17.5 Å². The minimum Gasteiger partial charge on any atom is -0.451 e. The fraction of sp³-hybridized carbons (Fsp3) is 0.636. The summed E-state index contributed by atoms with van der Waals surface area (Å²) in [6.45, 7) is 13.2. The Kier molecular flexibility index (Phi) is 11.4. The number of nitrogens with zero attached hydrogens (tertiary/aromatic N) is 4. The van der Waals surface area contributed by atoms with Gasteiger partial charge in [0.05, 0.1) is 11.8 Å². The highest BCUT2D eigenvalue weighted by Gasteiger charge is 2.31. The number of likely N-dealkylation sites (tertiary alicyclic amines) is 1. The van der Waals surface area contributed by atoms with Gasteiger partial charge in [0, 0.05) is 38.3 Å². The van der Waals surface area contributed by atoms with Crippen molar-refractivity contribution in [3.63, 3.8) is 0 Å². The van der Waals surface area contributed by atoms with Crippen LogP contribution in [0.1, 0.15) is 89.9 Å². The van der Waals surface area contributed by atoms with E-state index in [0.29, 0.717) is 29.9 Å². The molecule has 1 saturated carbocycles. The Morgan fingerprint density at radius 1 is 1.11 bits per heavy atom. The highest BCUT2D eigenvalue weighted by molar-refractivity contribution is 5.97. The van der Waals surface area contributed by atoms with Crippen molar-refractivity contribution in [1.82, 2.24) is 19.8 Å². The Hall–Kier alpha value is -3.47. The lowest BCUT2D eigenvalue weighted by atomic mass is 9.77. The number of nitrogens with one attached hydrogen (secondary N) is 1. The first kappa shape index (κ1) is 33.4. The van der Waals surface area contributed by atoms with Crippen LogP contribution in [0.25, 0.3) is 0 Å². The van der Waals surface area contributed by atoms with E-state index >= 15 is 0 Å². The van der Waals surface area contributed by atoms with Gasteiger partial charge in [-0.2, -0.15) is 0 Å². The Morgan fingerprint density at radius 2 is 1.80 bits per heavy atom. The summed E-state index contributed by atoms with van der Waals surface area (Å²) in [4.78, 5) is 37.3. The molecule has 44 heavy (non-hydrogen) atoms. The normalized spacial score (nSPS) is 19.9.